The van der Waals surface area contributed by atoms with Crippen LogP contribution in [0.5, 0.6) is 5.75 Å². The van der Waals surface area contributed by atoms with Crippen molar-refractivity contribution in [2.24, 2.45) is 0 Å². The Morgan fingerprint density at radius 2 is 1.95 bits per heavy atom. The molecule has 0 radical (unpaired) electrons. The van der Waals surface area contributed by atoms with Crippen molar-refractivity contribution >= 4 is 23.5 Å². The summed E-state index contributed by atoms with van der Waals surface area (Å²) in [6, 6.07) is 6.62. The summed E-state index contributed by atoms with van der Waals surface area (Å²) < 4.78 is 5.54. The maximum absolute atomic E-state index is 11.6. The van der Waals surface area contributed by atoms with Gasteiger partial charge in [-0.05, 0) is 37.7 Å². The lowest BCUT2D eigenvalue weighted by atomic mass is 10.3. The van der Waals surface area contributed by atoms with E-state index in [0.717, 1.165) is 12.2 Å². The van der Waals surface area contributed by atoms with E-state index in [4.69, 9.17) is 16.3 Å². The van der Waals surface area contributed by atoms with Gasteiger partial charge in [-0.1, -0.05) is 18.5 Å². The molecule has 0 saturated carbocycles. The van der Waals surface area contributed by atoms with Gasteiger partial charge in [-0.15, -0.1) is 0 Å². The molecule has 0 bridgehead atoms. The van der Waals surface area contributed by atoms with E-state index in [2.05, 4.69) is 10.6 Å². The molecule has 0 aromatic heterocycles. The van der Waals surface area contributed by atoms with E-state index in [1.807, 2.05) is 6.92 Å². The number of halogens is 1. The number of carbonyl (C=O) groups excluding carboxylic acids is 2. The van der Waals surface area contributed by atoms with Crippen molar-refractivity contribution in [3.8, 4) is 5.75 Å². The van der Waals surface area contributed by atoms with E-state index in [1.165, 1.54) is 0 Å². The molecule has 1 rings (SSSR count). The maximum atomic E-state index is 11.6. The van der Waals surface area contributed by atoms with E-state index in [9.17, 15) is 9.59 Å². The van der Waals surface area contributed by atoms with Gasteiger partial charge in [0.05, 0.1) is 6.54 Å². The number of rotatable bonds is 8. The van der Waals surface area contributed by atoms with Crippen molar-refractivity contribution < 1.29 is 14.3 Å². The van der Waals surface area contributed by atoms with Gasteiger partial charge < -0.3 is 10.1 Å². The minimum Gasteiger partial charge on any atom is -0.492 e. The first-order chi connectivity index (χ1) is 10.5. The number of benzene rings is 1. The summed E-state index contributed by atoms with van der Waals surface area (Å²) in [5.74, 6) is 0.379. The van der Waals surface area contributed by atoms with Gasteiger partial charge in [0.15, 0.2) is 0 Å². The highest BCUT2D eigenvalue weighted by Crippen LogP contribution is 2.15. The van der Waals surface area contributed by atoms with E-state index < -0.39 is 6.03 Å². The smallest absolute Gasteiger partial charge is 0.321 e. The summed E-state index contributed by atoms with van der Waals surface area (Å²) in [6.45, 7) is 3.62. The summed E-state index contributed by atoms with van der Waals surface area (Å²) >= 11 is 5.79. The normalized spacial score (nSPS) is 10.4. The van der Waals surface area contributed by atoms with E-state index >= 15 is 0 Å². The number of nitrogens with one attached hydrogen (secondary N) is 2. The highest BCUT2D eigenvalue weighted by Gasteiger charge is 2.09. The summed E-state index contributed by atoms with van der Waals surface area (Å²) in [6.07, 6.45) is 0.823. The zero-order valence-corrected chi connectivity index (χ0v) is 13.7. The molecule has 6 nitrogen and oxygen atoms in total. The SMILES string of the molecule is CCCNC(=O)NC(=O)CN(C)CCOc1ccc(Cl)cc1. The minimum atomic E-state index is -0.460. The lowest BCUT2D eigenvalue weighted by Crippen LogP contribution is -2.44. The number of urea groups is 1. The second-order valence-corrected chi connectivity index (χ2v) is 5.28. The van der Waals surface area contributed by atoms with Gasteiger partial charge in [-0.25, -0.2) is 4.79 Å². The topological polar surface area (TPSA) is 70.7 Å². The summed E-state index contributed by atoms with van der Waals surface area (Å²) in [5.41, 5.74) is 0. The quantitative estimate of drug-likeness (QED) is 0.765. The number of imide groups is 1. The lowest BCUT2D eigenvalue weighted by molar-refractivity contribution is -0.120. The van der Waals surface area contributed by atoms with Crippen LogP contribution < -0.4 is 15.4 Å². The number of carbonyl (C=O) groups is 2. The number of ether oxygens (including phenoxy) is 1. The molecule has 0 spiro atoms. The molecule has 0 aliphatic rings. The van der Waals surface area contributed by atoms with Gasteiger partial charge in [0, 0.05) is 18.1 Å². The average Bonchev–Trinajstić information content (AvgIpc) is 2.47. The molecule has 1 aromatic rings. The van der Waals surface area contributed by atoms with Crippen LogP contribution in [0.4, 0.5) is 4.79 Å². The monoisotopic (exact) mass is 327 g/mol. The molecule has 0 aliphatic heterocycles. The predicted molar refractivity (Wildman–Crippen MR) is 86.3 cm³/mol. The number of hydrogen-bond acceptors (Lipinski definition) is 4. The molecule has 22 heavy (non-hydrogen) atoms. The molecule has 7 heteroatoms. The first-order valence-corrected chi connectivity index (χ1v) is 7.53. The molecule has 0 aliphatic carbocycles. The second kappa shape index (κ2) is 10.0. The third kappa shape index (κ3) is 7.85. The zero-order chi connectivity index (χ0) is 16.4. The van der Waals surface area contributed by atoms with Gasteiger partial charge in [0.25, 0.3) is 0 Å². The zero-order valence-electron chi connectivity index (χ0n) is 12.9. The third-order valence-electron chi connectivity index (χ3n) is 2.76. The Labute approximate surface area is 135 Å². The first-order valence-electron chi connectivity index (χ1n) is 7.16. The van der Waals surface area contributed by atoms with E-state index in [-0.39, 0.29) is 12.5 Å². The lowest BCUT2D eigenvalue weighted by Gasteiger charge is -2.16. The van der Waals surface area contributed by atoms with Crippen molar-refractivity contribution in [2.45, 2.75) is 13.3 Å². The Kier molecular flexibility index (Phi) is 8.32. The van der Waals surface area contributed by atoms with E-state index in [1.54, 1.807) is 36.2 Å². The fourth-order valence-corrected chi connectivity index (χ4v) is 1.75. The Hall–Kier alpha value is -1.79. The highest BCUT2D eigenvalue weighted by molar-refractivity contribution is 6.30. The second-order valence-electron chi connectivity index (χ2n) is 4.84. The molecule has 0 unspecified atom stereocenters. The molecule has 0 atom stereocenters. The van der Waals surface area contributed by atoms with Crippen LogP contribution in [0.3, 0.4) is 0 Å². The predicted octanol–water partition coefficient (Wildman–Crippen LogP) is 1.89. The van der Waals surface area contributed by atoms with Gasteiger partial charge in [-0.2, -0.15) is 0 Å². The Balaban J connectivity index is 2.19. The largest absolute Gasteiger partial charge is 0.492 e. The summed E-state index contributed by atoms with van der Waals surface area (Å²) in [7, 11) is 1.79. The molecule has 0 heterocycles. The van der Waals surface area contributed by atoms with Crippen LogP contribution in [0, 0.1) is 0 Å². The number of likely N-dealkylation sites (N-methyl/N-ethyl adjacent to an activating group) is 1. The van der Waals surface area contributed by atoms with Gasteiger partial charge >= 0.3 is 6.03 Å². The Bertz CT molecular complexity index is 479. The molecular formula is C15H22ClN3O3. The fourth-order valence-electron chi connectivity index (χ4n) is 1.62. The summed E-state index contributed by atoms with van der Waals surface area (Å²) in [4.78, 5) is 24.7. The standard InChI is InChI=1S/C15H22ClN3O3/c1-3-8-17-15(21)18-14(20)11-19(2)9-10-22-13-6-4-12(16)5-7-13/h4-7H,3,8-11H2,1-2H3,(H2,17,18,20,21). The summed E-state index contributed by atoms with van der Waals surface area (Å²) in [5, 5.41) is 5.51. The van der Waals surface area contributed by atoms with Crippen LogP contribution in [0.15, 0.2) is 24.3 Å². The average molecular weight is 328 g/mol. The van der Waals surface area contributed by atoms with Gasteiger partial charge in [0.2, 0.25) is 5.91 Å². The minimum absolute atomic E-state index is 0.128. The maximum Gasteiger partial charge on any atom is 0.321 e. The Morgan fingerprint density at radius 1 is 1.27 bits per heavy atom. The molecular weight excluding hydrogens is 306 g/mol. The van der Waals surface area contributed by atoms with Crippen molar-refractivity contribution in [3.05, 3.63) is 29.3 Å². The van der Waals surface area contributed by atoms with Crippen LogP contribution in [0.2, 0.25) is 5.02 Å². The van der Waals surface area contributed by atoms with Crippen LogP contribution >= 0.6 is 11.6 Å². The van der Waals surface area contributed by atoms with Crippen molar-refractivity contribution in [3.63, 3.8) is 0 Å². The fraction of sp³-hybridized carbons (Fsp3) is 0.467. The molecule has 0 saturated heterocycles. The van der Waals surface area contributed by atoms with Crippen LogP contribution in [-0.2, 0) is 4.79 Å². The van der Waals surface area contributed by atoms with Crippen LogP contribution in [0.1, 0.15) is 13.3 Å². The molecule has 0 fully saturated rings. The van der Waals surface area contributed by atoms with Crippen LogP contribution in [-0.4, -0.2) is 50.1 Å². The van der Waals surface area contributed by atoms with Gasteiger partial charge in [0.1, 0.15) is 12.4 Å². The number of nitrogens with zero attached hydrogens (tertiary/aromatic N) is 1. The third-order valence-corrected chi connectivity index (χ3v) is 3.01. The van der Waals surface area contributed by atoms with Crippen LogP contribution in [0.25, 0.3) is 0 Å². The van der Waals surface area contributed by atoms with Crippen molar-refractivity contribution in [1.29, 1.82) is 0 Å². The van der Waals surface area contributed by atoms with Crippen molar-refractivity contribution in [1.82, 2.24) is 15.5 Å². The van der Waals surface area contributed by atoms with E-state index in [0.29, 0.717) is 24.7 Å². The van der Waals surface area contributed by atoms with Crippen molar-refractivity contribution in [2.75, 3.05) is 33.3 Å². The molecule has 122 valence electrons. The molecule has 2 N–H and O–H groups in total. The first kappa shape index (κ1) is 18.3. The number of amides is 3. The highest BCUT2D eigenvalue weighted by atomic mass is 35.5. The Morgan fingerprint density at radius 3 is 2.59 bits per heavy atom. The molecule has 1 aromatic carbocycles. The number of hydrogen-bond donors (Lipinski definition) is 2. The molecule has 3 amide bonds. The van der Waals surface area contributed by atoms with Gasteiger partial charge in [-0.3, -0.25) is 15.0 Å².